The fourth-order valence-corrected chi connectivity index (χ4v) is 5.92. The fraction of sp³-hybridized carbons (Fsp3) is 0.680. The molecule has 1 spiro atoms. The lowest BCUT2D eigenvalue weighted by molar-refractivity contribution is -0.137. The summed E-state index contributed by atoms with van der Waals surface area (Å²) < 4.78 is 60.5. The normalized spacial score (nSPS) is 26.0. The van der Waals surface area contributed by atoms with Crippen molar-refractivity contribution >= 4 is 0 Å². The van der Waals surface area contributed by atoms with E-state index in [-0.39, 0.29) is 11.3 Å². The molecule has 2 atom stereocenters. The van der Waals surface area contributed by atoms with E-state index in [4.69, 9.17) is 4.74 Å². The van der Waals surface area contributed by atoms with E-state index >= 15 is 0 Å². The number of benzene rings is 1. The summed E-state index contributed by atoms with van der Waals surface area (Å²) in [4.78, 5) is 2.42. The third kappa shape index (κ3) is 4.73. The monoisotopic (exact) mass is 480 g/mol. The van der Waals surface area contributed by atoms with Crippen LogP contribution in [0.3, 0.4) is 0 Å². The van der Waals surface area contributed by atoms with E-state index in [1.54, 1.807) is 0 Å². The number of aryl methyl sites for hydroxylation is 1. The highest BCUT2D eigenvalue weighted by Crippen LogP contribution is 2.64. The predicted molar refractivity (Wildman–Crippen MR) is 119 cm³/mol. The highest BCUT2D eigenvalue weighted by atomic mass is 19.4. The van der Waals surface area contributed by atoms with Crippen LogP contribution in [-0.4, -0.2) is 52.5 Å². The van der Waals surface area contributed by atoms with Crippen LogP contribution < -0.4 is 0 Å². The number of nitrogens with zero attached hydrogens (tertiary/aromatic N) is 4. The van der Waals surface area contributed by atoms with E-state index < -0.39 is 17.6 Å². The van der Waals surface area contributed by atoms with E-state index in [1.807, 2.05) is 0 Å². The minimum Gasteiger partial charge on any atom is -0.381 e. The number of unbranched alkanes of at least 4 members (excludes halogenated alkanes) is 1. The summed E-state index contributed by atoms with van der Waals surface area (Å²) in [7, 11) is 2.05. The van der Waals surface area contributed by atoms with Crippen LogP contribution >= 0.6 is 0 Å². The molecule has 1 aromatic heterocycles. The summed E-state index contributed by atoms with van der Waals surface area (Å²) in [6, 6.07) is 3.00. The number of ether oxygens (including phenoxy) is 1. The van der Waals surface area contributed by atoms with E-state index in [9.17, 15) is 17.6 Å². The Labute approximate surface area is 197 Å². The Morgan fingerprint density at radius 2 is 1.94 bits per heavy atom. The number of likely N-dealkylation sites (tertiary alicyclic amines) is 1. The molecule has 2 unspecified atom stereocenters. The average molecular weight is 481 g/mol. The maximum absolute atomic E-state index is 14.4. The number of hydrogen-bond acceptors (Lipinski definition) is 4. The van der Waals surface area contributed by atoms with Crippen molar-refractivity contribution in [3.8, 4) is 0 Å². The molecule has 1 aromatic carbocycles. The van der Waals surface area contributed by atoms with Gasteiger partial charge in [0.25, 0.3) is 0 Å². The zero-order valence-corrected chi connectivity index (χ0v) is 19.6. The molecule has 2 saturated heterocycles. The predicted octanol–water partition coefficient (Wildman–Crippen LogP) is 5.07. The van der Waals surface area contributed by atoms with Crippen molar-refractivity contribution in [3.05, 3.63) is 46.8 Å². The number of rotatable bonds is 7. The van der Waals surface area contributed by atoms with Crippen LogP contribution in [0.1, 0.15) is 73.1 Å². The van der Waals surface area contributed by atoms with Crippen molar-refractivity contribution in [3.63, 3.8) is 0 Å². The summed E-state index contributed by atoms with van der Waals surface area (Å²) in [5, 5.41) is 8.86. The Kier molecular flexibility index (Phi) is 6.44. The van der Waals surface area contributed by atoms with Crippen molar-refractivity contribution in [1.29, 1.82) is 0 Å². The molecule has 2 aliphatic heterocycles. The first-order chi connectivity index (χ1) is 16.3. The summed E-state index contributed by atoms with van der Waals surface area (Å²) in [6.07, 6.45) is 2.30. The number of aromatic nitrogens is 3. The van der Waals surface area contributed by atoms with Gasteiger partial charge in [-0.2, -0.15) is 13.2 Å². The number of halogens is 4. The highest BCUT2D eigenvalue weighted by molar-refractivity contribution is 5.35. The Morgan fingerprint density at radius 3 is 2.68 bits per heavy atom. The van der Waals surface area contributed by atoms with Gasteiger partial charge in [-0.05, 0) is 80.6 Å². The Balaban J connectivity index is 1.09. The van der Waals surface area contributed by atoms with Gasteiger partial charge in [-0.1, -0.05) is 6.07 Å². The first-order valence-electron chi connectivity index (χ1n) is 12.3. The third-order valence-electron chi connectivity index (χ3n) is 8.07. The molecule has 0 bridgehead atoms. The maximum Gasteiger partial charge on any atom is 0.416 e. The molecule has 3 heterocycles. The quantitative estimate of drug-likeness (QED) is 0.410. The minimum atomic E-state index is -4.51. The van der Waals surface area contributed by atoms with Gasteiger partial charge in [0, 0.05) is 39.1 Å². The lowest BCUT2D eigenvalue weighted by Crippen LogP contribution is -2.23. The second-order valence-corrected chi connectivity index (χ2v) is 10.3. The second-order valence-electron chi connectivity index (χ2n) is 10.3. The van der Waals surface area contributed by atoms with Crippen molar-refractivity contribution in [2.24, 2.45) is 12.5 Å². The van der Waals surface area contributed by atoms with Gasteiger partial charge in [-0.25, -0.2) is 4.39 Å². The third-order valence-corrected chi connectivity index (χ3v) is 8.07. The topological polar surface area (TPSA) is 43.2 Å². The maximum atomic E-state index is 14.4. The Bertz CT molecular complexity index is 1020. The van der Waals surface area contributed by atoms with Gasteiger partial charge in [-0.3, -0.25) is 0 Å². The smallest absolute Gasteiger partial charge is 0.381 e. The molecule has 34 heavy (non-hydrogen) atoms. The largest absolute Gasteiger partial charge is 0.416 e. The van der Waals surface area contributed by atoms with Crippen LogP contribution in [0, 0.1) is 11.2 Å². The lowest BCUT2D eigenvalue weighted by Gasteiger charge is -2.21. The van der Waals surface area contributed by atoms with Gasteiger partial charge in [0.1, 0.15) is 17.5 Å². The molecule has 1 aliphatic carbocycles. The van der Waals surface area contributed by atoms with Gasteiger partial charge in [0.05, 0.1) is 5.56 Å². The van der Waals surface area contributed by atoms with Crippen LogP contribution in [0.5, 0.6) is 0 Å². The molecule has 0 N–H and O–H groups in total. The lowest BCUT2D eigenvalue weighted by atomic mass is 9.97. The molecule has 0 radical (unpaired) electrons. The molecular weight excluding hydrogens is 448 g/mol. The minimum absolute atomic E-state index is 0.0297. The van der Waals surface area contributed by atoms with Crippen molar-refractivity contribution in [1.82, 2.24) is 19.7 Å². The van der Waals surface area contributed by atoms with Gasteiger partial charge < -0.3 is 14.2 Å². The molecule has 3 fully saturated rings. The molecule has 5 rings (SSSR count). The van der Waals surface area contributed by atoms with E-state index in [1.165, 1.54) is 6.07 Å². The number of hydrogen-bond donors (Lipinski definition) is 0. The van der Waals surface area contributed by atoms with Crippen molar-refractivity contribution in [2.75, 3.05) is 32.8 Å². The van der Waals surface area contributed by atoms with E-state index in [0.29, 0.717) is 17.5 Å². The van der Waals surface area contributed by atoms with Gasteiger partial charge in [-0.15, -0.1) is 10.2 Å². The fourth-order valence-electron chi connectivity index (χ4n) is 5.92. The first kappa shape index (κ1) is 23.7. The van der Waals surface area contributed by atoms with E-state index in [2.05, 4.69) is 26.7 Å². The molecule has 0 amide bonds. The molecule has 1 saturated carbocycles. The van der Waals surface area contributed by atoms with Crippen LogP contribution in [-0.2, 0) is 24.4 Å². The molecule has 186 valence electrons. The van der Waals surface area contributed by atoms with Crippen LogP contribution in [0.15, 0.2) is 18.2 Å². The number of alkyl halides is 3. The van der Waals surface area contributed by atoms with E-state index in [0.717, 1.165) is 95.5 Å². The standard InChI is InChI=1S/C25H32F4N4O/c1-32-22(30-31-23(32)17-7-12-34-13-8-17)4-2-3-10-33-11-9-24(16-33)15-20(24)19-6-5-18(14-21(19)26)25(27,28)29/h5-6,14,17,20H,2-4,7-13,15-16H2,1H3. The van der Waals surface area contributed by atoms with Gasteiger partial charge >= 0.3 is 6.18 Å². The highest BCUT2D eigenvalue weighted by Gasteiger charge is 2.58. The Morgan fingerprint density at radius 1 is 1.15 bits per heavy atom. The zero-order chi connectivity index (χ0) is 23.9. The summed E-state index contributed by atoms with van der Waals surface area (Å²) in [5.41, 5.74) is -0.445. The van der Waals surface area contributed by atoms with Crippen molar-refractivity contribution in [2.45, 2.75) is 63.0 Å². The molecule has 2 aromatic rings. The summed E-state index contributed by atoms with van der Waals surface area (Å²) in [6.45, 7) is 4.42. The van der Waals surface area contributed by atoms with Gasteiger partial charge in [0.2, 0.25) is 0 Å². The molecule has 5 nitrogen and oxygen atoms in total. The second kappa shape index (κ2) is 9.22. The van der Waals surface area contributed by atoms with Gasteiger partial charge in [0.15, 0.2) is 0 Å². The summed E-state index contributed by atoms with van der Waals surface area (Å²) in [5.74, 6) is 1.83. The Hall–Kier alpha value is -2.00. The average Bonchev–Trinajstić information content (AvgIpc) is 3.14. The zero-order valence-electron chi connectivity index (χ0n) is 19.6. The van der Waals surface area contributed by atoms with Crippen LogP contribution in [0.25, 0.3) is 0 Å². The molecular formula is C25H32F4N4O. The van der Waals surface area contributed by atoms with Crippen LogP contribution in [0.2, 0.25) is 0 Å². The summed E-state index contributed by atoms with van der Waals surface area (Å²) >= 11 is 0. The first-order valence-corrected chi connectivity index (χ1v) is 12.3. The molecule has 9 heteroatoms. The van der Waals surface area contributed by atoms with Crippen molar-refractivity contribution < 1.29 is 22.3 Å². The van der Waals surface area contributed by atoms with Crippen LogP contribution in [0.4, 0.5) is 17.6 Å². The SMILES string of the molecule is Cn1c(CCCCN2CCC3(CC3c3ccc(C(F)(F)F)cc3F)C2)nnc1C1CCOCC1. The molecule has 3 aliphatic rings.